The van der Waals surface area contributed by atoms with Crippen molar-refractivity contribution in [2.45, 2.75) is 0 Å². The van der Waals surface area contributed by atoms with E-state index in [-0.39, 0.29) is 74.7 Å². The first-order valence-corrected chi connectivity index (χ1v) is 2.68. The Bertz CT molecular complexity index is 41.6. The summed E-state index contributed by atoms with van der Waals surface area (Å²) in [7, 11) is -4.61. The molecule has 0 saturated carbocycles. The van der Waals surface area contributed by atoms with Crippen molar-refractivity contribution in [2.75, 3.05) is 0 Å². The average Bonchev–Trinajstić information content (AvgIpc) is 0.722. The van der Waals surface area contributed by atoms with E-state index in [1.807, 2.05) is 0 Å². The first kappa shape index (κ1) is 30.2. The van der Waals surface area contributed by atoms with Crippen LogP contribution in [0.4, 0.5) is 0 Å². The summed E-state index contributed by atoms with van der Waals surface area (Å²) in [6.45, 7) is 0. The van der Waals surface area contributed by atoms with Gasteiger partial charge in [-0.05, 0) is 0 Å². The fraction of sp³-hybridized carbons (Fsp3) is 0. The molecule has 0 bridgehead atoms. The molecule has 0 aliphatic heterocycles. The Morgan fingerprint density at radius 2 is 0.889 bits per heavy atom. The summed E-state index contributed by atoms with van der Waals surface area (Å²) in [6.07, 6.45) is 0. The van der Waals surface area contributed by atoms with Gasteiger partial charge in [0.05, 0.1) is 0 Å². The molecule has 0 atom stereocenters. The largest absolute Gasteiger partial charge is 1.00 e. The molecule has 9 heteroatoms. The first-order chi connectivity index (χ1) is 2.00. The Balaban J connectivity index is -0.00000000533. The second-order valence-corrected chi connectivity index (χ2v) is 1.80. The molecule has 0 unspecified atom stereocenters. The Hall–Kier alpha value is 2.29. The Morgan fingerprint density at radius 3 is 0.889 bits per heavy atom. The minimum absolute atomic E-state index is 0. The molecule has 1 radical (unpaired) electrons. The molecular formula is H6FeLi2MnO4Si. The maximum Gasteiger partial charge on any atom is 1.00 e. The normalized spacial score (nSPS) is 6.67. The van der Waals surface area contributed by atoms with Crippen molar-refractivity contribution in [3.63, 3.8) is 0 Å². The van der Waals surface area contributed by atoms with E-state index in [2.05, 4.69) is 0 Å². The second kappa shape index (κ2) is 12.9. The van der Waals surface area contributed by atoms with Gasteiger partial charge in [-0.2, -0.15) is 0 Å². The molecule has 4 nitrogen and oxygen atoms in total. The smallest absolute Gasteiger partial charge is 1.00 e. The van der Waals surface area contributed by atoms with Crippen LogP contribution in [-0.4, -0.2) is 28.2 Å². The van der Waals surface area contributed by atoms with Crippen LogP contribution in [-0.2, 0) is 34.1 Å². The average molecular weight is 223 g/mol. The van der Waals surface area contributed by atoms with Crippen molar-refractivity contribution < 1.29 is 93.9 Å². The molecule has 51 valence electrons. The maximum absolute atomic E-state index is 7.33. The number of hydrogen-bond donors (Lipinski definition) is 4. The summed E-state index contributed by atoms with van der Waals surface area (Å²) in [5.41, 5.74) is 0. The molecule has 0 amide bonds. The van der Waals surface area contributed by atoms with Crippen LogP contribution in [0, 0.1) is 0 Å². The van der Waals surface area contributed by atoms with Crippen LogP contribution in [0.3, 0.4) is 0 Å². The van der Waals surface area contributed by atoms with Crippen molar-refractivity contribution in [2.24, 2.45) is 0 Å². The minimum Gasteiger partial charge on any atom is -1.00 e. The summed E-state index contributed by atoms with van der Waals surface area (Å²) in [6, 6.07) is 0. The molecule has 9 heavy (non-hydrogen) atoms. The van der Waals surface area contributed by atoms with E-state index in [0.717, 1.165) is 0 Å². The Morgan fingerprint density at radius 1 is 0.889 bits per heavy atom. The standard InChI is InChI=1S/Fe.2Li.Mn.H4O4Si.2H/c;;;;1-5(2,3)4;;/h;;;;1-4H;;/q;2*+1;;;2*-1. The zero-order valence-electron chi connectivity index (χ0n) is 7.02. The van der Waals surface area contributed by atoms with Gasteiger partial charge in [0.25, 0.3) is 0 Å². The fourth-order valence-corrected chi connectivity index (χ4v) is 0. The van der Waals surface area contributed by atoms with E-state index in [0.29, 0.717) is 0 Å². The van der Waals surface area contributed by atoms with Gasteiger partial charge in [0.1, 0.15) is 0 Å². The molecule has 0 rings (SSSR count). The van der Waals surface area contributed by atoms with Crippen molar-refractivity contribution in [3.8, 4) is 0 Å². The molecule has 0 aliphatic carbocycles. The van der Waals surface area contributed by atoms with E-state index in [1.54, 1.807) is 0 Å². The van der Waals surface area contributed by atoms with Crippen molar-refractivity contribution in [3.05, 3.63) is 0 Å². The van der Waals surface area contributed by atoms with Crippen molar-refractivity contribution in [1.82, 2.24) is 0 Å². The summed E-state index contributed by atoms with van der Waals surface area (Å²) in [5.74, 6) is 0. The molecular weight excluding hydrogens is 217 g/mol. The van der Waals surface area contributed by atoms with Crippen LogP contribution in [0.2, 0.25) is 0 Å². The monoisotopic (exact) mass is 223 g/mol. The van der Waals surface area contributed by atoms with Crippen molar-refractivity contribution >= 4 is 9.05 Å². The Labute approximate surface area is 102 Å². The summed E-state index contributed by atoms with van der Waals surface area (Å²) in [5, 5.41) is 0. The van der Waals surface area contributed by atoms with Crippen LogP contribution in [0.25, 0.3) is 0 Å². The molecule has 0 saturated heterocycles. The van der Waals surface area contributed by atoms with Crippen LogP contribution in [0.15, 0.2) is 0 Å². The molecule has 0 aliphatic rings. The molecule has 0 aromatic rings. The fourth-order valence-electron chi connectivity index (χ4n) is 0. The summed E-state index contributed by atoms with van der Waals surface area (Å²) in [4.78, 5) is 29.3. The minimum atomic E-state index is -4.61. The quantitative estimate of drug-likeness (QED) is 0.307. The second-order valence-electron chi connectivity index (χ2n) is 0.600. The zero-order valence-corrected chi connectivity index (χ0v) is 8.30. The Kier molecular flexibility index (Phi) is 43.4. The van der Waals surface area contributed by atoms with Gasteiger partial charge in [-0.25, -0.2) is 0 Å². The van der Waals surface area contributed by atoms with Crippen LogP contribution in [0.1, 0.15) is 2.85 Å². The molecule has 0 heterocycles. The van der Waals surface area contributed by atoms with Crippen LogP contribution >= 0.6 is 0 Å². The zero-order chi connectivity index (χ0) is 4.50. The summed E-state index contributed by atoms with van der Waals surface area (Å²) >= 11 is 0. The van der Waals surface area contributed by atoms with Gasteiger partial charge in [-0.3, -0.25) is 0 Å². The topological polar surface area (TPSA) is 80.9 Å². The molecule has 0 aromatic heterocycles. The number of rotatable bonds is 0. The van der Waals surface area contributed by atoms with E-state index in [9.17, 15) is 0 Å². The van der Waals surface area contributed by atoms with Crippen molar-refractivity contribution in [1.29, 1.82) is 0 Å². The molecule has 0 aromatic carbocycles. The van der Waals surface area contributed by atoms with Gasteiger partial charge in [-0.15, -0.1) is 0 Å². The molecule has 0 fully saturated rings. The van der Waals surface area contributed by atoms with E-state index >= 15 is 0 Å². The molecule has 0 spiro atoms. The predicted molar refractivity (Wildman–Crippen MR) is 16.9 cm³/mol. The third kappa shape index (κ3) is 135. The van der Waals surface area contributed by atoms with Crippen LogP contribution in [0.5, 0.6) is 0 Å². The SMILES string of the molecule is O[Si](O)(O)O.[Fe].[H-].[H-].[Li+].[Li+].[Mn]. The third-order valence-corrected chi connectivity index (χ3v) is 0. The van der Waals surface area contributed by atoms with E-state index in [4.69, 9.17) is 19.2 Å². The molecule has 4 N–H and O–H groups in total. The predicted octanol–water partition coefficient (Wildman–Crippen LogP) is -8.38. The number of hydrogen-bond acceptors (Lipinski definition) is 4. The van der Waals surface area contributed by atoms with Gasteiger partial charge < -0.3 is 22.0 Å². The third-order valence-electron chi connectivity index (χ3n) is 0. The summed E-state index contributed by atoms with van der Waals surface area (Å²) < 4.78 is 0. The van der Waals surface area contributed by atoms with Gasteiger partial charge in [-0.1, -0.05) is 0 Å². The first-order valence-electron chi connectivity index (χ1n) is 0.894. The van der Waals surface area contributed by atoms with E-state index in [1.165, 1.54) is 0 Å². The maximum atomic E-state index is 7.33. The van der Waals surface area contributed by atoms with Gasteiger partial charge >= 0.3 is 46.8 Å². The van der Waals surface area contributed by atoms with Gasteiger partial charge in [0.2, 0.25) is 0 Å². The van der Waals surface area contributed by atoms with Gasteiger partial charge in [0.15, 0.2) is 0 Å². The van der Waals surface area contributed by atoms with Gasteiger partial charge in [0, 0.05) is 34.1 Å². The van der Waals surface area contributed by atoms with Crippen LogP contribution < -0.4 is 37.7 Å². The van der Waals surface area contributed by atoms with E-state index < -0.39 is 9.05 Å².